The number of rotatable bonds is 5. The van der Waals surface area contributed by atoms with Gasteiger partial charge in [0.2, 0.25) is 5.91 Å². The van der Waals surface area contributed by atoms with Crippen LogP contribution in [0.2, 0.25) is 0 Å². The van der Waals surface area contributed by atoms with E-state index in [9.17, 15) is 4.79 Å². The summed E-state index contributed by atoms with van der Waals surface area (Å²) in [6, 6.07) is 14.7. The third kappa shape index (κ3) is 3.84. The van der Waals surface area contributed by atoms with E-state index in [2.05, 4.69) is 63.3 Å². The van der Waals surface area contributed by atoms with Gasteiger partial charge in [-0.1, -0.05) is 24.3 Å². The molecule has 36 heavy (non-hydrogen) atoms. The van der Waals surface area contributed by atoms with Crippen molar-refractivity contribution in [2.75, 3.05) is 31.1 Å². The topological polar surface area (TPSA) is 83.9 Å². The molecule has 0 atom stereocenters. The molecule has 1 aliphatic heterocycles. The monoisotopic (exact) mass is 482 g/mol. The Morgan fingerprint density at radius 2 is 1.78 bits per heavy atom. The largest absolute Gasteiger partial charge is 0.368 e. The van der Waals surface area contributed by atoms with Gasteiger partial charge in [-0.2, -0.15) is 4.52 Å². The second kappa shape index (κ2) is 8.89. The first-order valence-electron chi connectivity index (χ1n) is 12.6. The summed E-state index contributed by atoms with van der Waals surface area (Å²) in [6.07, 6.45) is 1.89. The van der Waals surface area contributed by atoms with E-state index in [0.29, 0.717) is 24.4 Å². The van der Waals surface area contributed by atoms with E-state index in [1.807, 2.05) is 34.4 Å². The molecule has 0 radical (unpaired) electrons. The summed E-state index contributed by atoms with van der Waals surface area (Å²) < 4.78 is 3.80. The van der Waals surface area contributed by atoms with E-state index in [4.69, 9.17) is 0 Å². The van der Waals surface area contributed by atoms with Crippen LogP contribution in [0.25, 0.3) is 22.3 Å². The minimum Gasteiger partial charge on any atom is -0.368 e. The van der Waals surface area contributed by atoms with Crippen molar-refractivity contribution in [1.29, 1.82) is 0 Å². The number of piperazine rings is 1. The van der Waals surface area contributed by atoms with Gasteiger partial charge in [-0.05, 0) is 56.5 Å². The zero-order valence-electron chi connectivity index (χ0n) is 21.0. The number of aryl methyl sites for hydroxylation is 4. The lowest BCUT2D eigenvalue weighted by Gasteiger charge is -2.37. The van der Waals surface area contributed by atoms with Gasteiger partial charge in [0.1, 0.15) is 11.6 Å². The highest BCUT2D eigenvalue weighted by atomic mass is 16.2. The number of carbonyl (C=O) groups excluding carboxylic acids is 1. The van der Waals surface area contributed by atoms with Gasteiger partial charge in [-0.15, -0.1) is 15.3 Å². The first-order valence-corrected chi connectivity index (χ1v) is 12.6. The van der Waals surface area contributed by atoms with E-state index in [0.717, 1.165) is 55.0 Å². The van der Waals surface area contributed by atoms with Crippen LogP contribution in [0.5, 0.6) is 0 Å². The number of fused-ring (bicyclic) bond motifs is 6. The summed E-state index contributed by atoms with van der Waals surface area (Å²) in [6.45, 7) is 9.40. The Bertz CT molecular complexity index is 1590. The first kappa shape index (κ1) is 22.5. The van der Waals surface area contributed by atoms with Crippen LogP contribution < -0.4 is 4.90 Å². The molecule has 0 unspecified atom stereocenters. The van der Waals surface area contributed by atoms with Crippen molar-refractivity contribution in [1.82, 2.24) is 34.1 Å². The van der Waals surface area contributed by atoms with Gasteiger partial charge in [-0.25, -0.2) is 4.98 Å². The number of carbonyl (C=O) groups is 1. The minimum atomic E-state index is 0.212. The number of hydrogen-bond acceptors (Lipinski definition) is 6. The quantitative estimate of drug-likeness (QED) is 0.381. The van der Waals surface area contributed by atoms with Crippen LogP contribution in [0.15, 0.2) is 42.5 Å². The maximum absolute atomic E-state index is 13.0. The van der Waals surface area contributed by atoms with Crippen molar-refractivity contribution in [3.05, 3.63) is 65.2 Å². The van der Waals surface area contributed by atoms with E-state index >= 15 is 0 Å². The van der Waals surface area contributed by atoms with Crippen LogP contribution in [0.4, 0.5) is 5.69 Å². The highest BCUT2D eigenvalue weighted by molar-refractivity contribution is 5.93. The molecule has 0 aliphatic carbocycles. The smallest absolute Gasteiger partial charge is 0.258 e. The van der Waals surface area contributed by atoms with Crippen LogP contribution in [0.1, 0.15) is 35.6 Å². The van der Waals surface area contributed by atoms with E-state index in [1.165, 1.54) is 16.8 Å². The molecule has 1 fully saturated rings. The molecule has 1 saturated heterocycles. The Morgan fingerprint density at radius 1 is 0.972 bits per heavy atom. The molecule has 9 nitrogen and oxygen atoms in total. The van der Waals surface area contributed by atoms with E-state index in [-0.39, 0.29) is 5.91 Å². The lowest BCUT2D eigenvalue weighted by Crippen LogP contribution is -2.49. The summed E-state index contributed by atoms with van der Waals surface area (Å²) in [5.41, 5.74) is 5.62. The highest BCUT2D eigenvalue weighted by Crippen LogP contribution is 2.24. The van der Waals surface area contributed by atoms with Crippen LogP contribution >= 0.6 is 0 Å². The van der Waals surface area contributed by atoms with Crippen molar-refractivity contribution in [3.63, 3.8) is 0 Å². The van der Waals surface area contributed by atoms with Gasteiger partial charge in [-0.3, -0.25) is 9.20 Å². The molecule has 0 saturated carbocycles. The average Bonchev–Trinajstić information content (AvgIpc) is 3.49. The predicted octanol–water partition coefficient (Wildman–Crippen LogP) is 3.52. The lowest BCUT2D eigenvalue weighted by molar-refractivity contribution is -0.131. The molecule has 3 aromatic heterocycles. The maximum atomic E-state index is 13.0. The molecular formula is C27H30N8O. The second-order valence-corrected chi connectivity index (χ2v) is 9.67. The second-order valence-electron chi connectivity index (χ2n) is 9.67. The van der Waals surface area contributed by atoms with Crippen molar-refractivity contribution < 1.29 is 4.79 Å². The normalized spacial score (nSPS) is 14.4. The third-order valence-corrected chi connectivity index (χ3v) is 7.13. The molecule has 0 spiro atoms. The third-order valence-electron chi connectivity index (χ3n) is 7.13. The fourth-order valence-electron chi connectivity index (χ4n) is 5.25. The molecule has 9 heteroatoms. The minimum absolute atomic E-state index is 0.212. The van der Waals surface area contributed by atoms with Crippen LogP contribution in [0, 0.1) is 20.8 Å². The summed E-state index contributed by atoms with van der Waals surface area (Å²) in [5, 5.41) is 14.4. The Kier molecular flexibility index (Phi) is 5.55. The van der Waals surface area contributed by atoms with Gasteiger partial charge in [0, 0.05) is 50.1 Å². The number of amides is 1. The number of hydrogen-bond donors (Lipinski definition) is 0. The van der Waals surface area contributed by atoms with Crippen LogP contribution in [0.3, 0.4) is 0 Å². The maximum Gasteiger partial charge on any atom is 0.258 e. The molecule has 0 N–H and O–H groups in total. The standard InChI is InChI=1S/C27H30N8O/c1-18-11-12-19(2)23(17-18)32-13-15-33(16-14-32)25(36)10-6-9-24-29-30-27-34(24)22-8-5-4-7-21(22)26-28-20(3)31-35(26)27/h4-5,7-8,11-12,17H,6,9-10,13-16H2,1-3H3. The molecule has 2 aromatic carbocycles. The van der Waals surface area contributed by atoms with Crippen molar-refractivity contribution in [2.24, 2.45) is 0 Å². The van der Waals surface area contributed by atoms with Gasteiger partial charge in [0.25, 0.3) is 5.78 Å². The zero-order valence-corrected chi connectivity index (χ0v) is 21.0. The van der Waals surface area contributed by atoms with Crippen molar-refractivity contribution in [2.45, 2.75) is 40.0 Å². The molecule has 4 heterocycles. The van der Waals surface area contributed by atoms with Gasteiger partial charge >= 0.3 is 0 Å². The molecular weight excluding hydrogens is 452 g/mol. The number of nitrogens with zero attached hydrogens (tertiary/aromatic N) is 8. The molecule has 1 amide bonds. The van der Waals surface area contributed by atoms with Gasteiger partial charge in [0.15, 0.2) is 5.65 Å². The van der Waals surface area contributed by atoms with E-state index in [1.54, 1.807) is 4.52 Å². The Hall–Kier alpha value is -4.01. The Balaban J connectivity index is 1.14. The van der Waals surface area contributed by atoms with Crippen molar-refractivity contribution >= 4 is 33.9 Å². The Morgan fingerprint density at radius 3 is 2.61 bits per heavy atom. The number of aromatic nitrogens is 6. The van der Waals surface area contributed by atoms with Gasteiger partial charge < -0.3 is 9.80 Å². The van der Waals surface area contributed by atoms with Crippen LogP contribution in [-0.2, 0) is 11.2 Å². The Labute approximate surface area is 209 Å². The molecule has 0 bridgehead atoms. The van der Waals surface area contributed by atoms with E-state index < -0.39 is 0 Å². The first-order chi connectivity index (χ1) is 17.5. The average molecular weight is 483 g/mol. The number of para-hydroxylation sites is 1. The fraction of sp³-hybridized carbons (Fsp3) is 0.370. The molecule has 6 rings (SSSR count). The molecule has 1 aliphatic rings. The van der Waals surface area contributed by atoms with Crippen LogP contribution in [-0.4, -0.2) is 66.2 Å². The number of benzene rings is 2. The van der Waals surface area contributed by atoms with Crippen molar-refractivity contribution in [3.8, 4) is 0 Å². The summed E-state index contributed by atoms with van der Waals surface area (Å²) in [5.74, 6) is 2.39. The summed E-state index contributed by atoms with van der Waals surface area (Å²) >= 11 is 0. The number of anilines is 1. The molecule has 184 valence electrons. The fourth-order valence-corrected chi connectivity index (χ4v) is 5.25. The zero-order chi connectivity index (χ0) is 24.8. The summed E-state index contributed by atoms with van der Waals surface area (Å²) in [7, 11) is 0. The molecule has 5 aromatic rings. The summed E-state index contributed by atoms with van der Waals surface area (Å²) in [4.78, 5) is 22.0. The highest BCUT2D eigenvalue weighted by Gasteiger charge is 2.22. The predicted molar refractivity (Wildman–Crippen MR) is 139 cm³/mol. The lowest BCUT2D eigenvalue weighted by atomic mass is 10.1. The SMILES string of the molecule is Cc1ccc(C)c(N2CCN(C(=O)CCCc3nnc4n5nc(C)nc5c5ccccc5n34)CC2)c1. The van der Waals surface area contributed by atoms with Gasteiger partial charge in [0.05, 0.1) is 5.52 Å².